The Labute approximate surface area is 136 Å². The summed E-state index contributed by atoms with van der Waals surface area (Å²) in [6.07, 6.45) is 1.08. The fourth-order valence-electron chi connectivity index (χ4n) is 1.95. The number of halogens is 2. The number of nitrogens with one attached hydrogen (secondary N) is 1. The Morgan fingerprint density at radius 2 is 1.76 bits per heavy atom. The van der Waals surface area contributed by atoms with Gasteiger partial charge in [-0.3, -0.25) is 0 Å². The lowest BCUT2D eigenvalue weighted by Crippen LogP contribution is -2.22. The third-order valence-electron chi connectivity index (χ3n) is 3.18. The van der Waals surface area contributed by atoms with Crippen LogP contribution in [0.15, 0.2) is 42.5 Å². The number of hydrogen-bond donors (Lipinski definition) is 1. The second kappa shape index (κ2) is 7.58. The number of anilines is 1. The average Bonchev–Trinajstić information content (AvgIpc) is 2.49. The first-order valence-corrected chi connectivity index (χ1v) is 7.78. The fraction of sp³-hybridized carbons (Fsp3) is 0.294. The van der Waals surface area contributed by atoms with Crippen molar-refractivity contribution in [3.8, 4) is 5.75 Å². The maximum Gasteiger partial charge on any atom is 0.119 e. The molecule has 112 valence electrons. The highest BCUT2D eigenvalue weighted by Gasteiger charge is 2.05. The van der Waals surface area contributed by atoms with Gasteiger partial charge in [-0.15, -0.1) is 0 Å². The van der Waals surface area contributed by atoms with Gasteiger partial charge in [0.1, 0.15) is 11.9 Å². The van der Waals surface area contributed by atoms with Gasteiger partial charge in [0.25, 0.3) is 0 Å². The van der Waals surface area contributed by atoms with Gasteiger partial charge in [0.05, 0.1) is 16.6 Å². The third kappa shape index (κ3) is 4.83. The molecule has 0 heterocycles. The second-order valence-corrected chi connectivity index (χ2v) is 5.75. The quantitative estimate of drug-likeness (QED) is 0.764. The number of ether oxygens (including phenoxy) is 1. The zero-order chi connectivity index (χ0) is 15.2. The first-order valence-electron chi connectivity index (χ1n) is 7.03. The van der Waals surface area contributed by atoms with Crippen molar-refractivity contribution in [1.29, 1.82) is 0 Å². The van der Waals surface area contributed by atoms with E-state index in [1.165, 1.54) is 5.56 Å². The molecule has 0 radical (unpaired) electrons. The van der Waals surface area contributed by atoms with E-state index in [9.17, 15) is 0 Å². The number of hydrogen-bond acceptors (Lipinski definition) is 2. The van der Waals surface area contributed by atoms with Crippen molar-refractivity contribution in [1.82, 2.24) is 0 Å². The Hall–Kier alpha value is -1.38. The van der Waals surface area contributed by atoms with Crippen LogP contribution in [-0.4, -0.2) is 12.6 Å². The topological polar surface area (TPSA) is 21.3 Å². The average molecular weight is 324 g/mol. The van der Waals surface area contributed by atoms with Gasteiger partial charge in [0, 0.05) is 5.69 Å². The summed E-state index contributed by atoms with van der Waals surface area (Å²) < 4.78 is 5.87. The molecule has 0 spiro atoms. The lowest BCUT2D eigenvalue weighted by atomic mass is 10.2. The van der Waals surface area contributed by atoms with Crippen molar-refractivity contribution in [3.05, 3.63) is 58.1 Å². The third-order valence-corrected chi connectivity index (χ3v) is 3.92. The molecular formula is C17H19Cl2NO. The molecule has 2 aromatic rings. The molecule has 1 N–H and O–H groups in total. The lowest BCUT2D eigenvalue weighted by Gasteiger charge is -2.16. The molecule has 1 unspecified atom stereocenters. The van der Waals surface area contributed by atoms with Crippen molar-refractivity contribution in [2.24, 2.45) is 0 Å². The minimum Gasteiger partial charge on any atom is -0.489 e. The van der Waals surface area contributed by atoms with Crippen LogP contribution in [0.25, 0.3) is 0 Å². The van der Waals surface area contributed by atoms with E-state index in [4.69, 9.17) is 27.9 Å². The summed E-state index contributed by atoms with van der Waals surface area (Å²) in [5.41, 5.74) is 2.24. The Bertz CT molecular complexity index is 584. The van der Waals surface area contributed by atoms with Crippen molar-refractivity contribution in [3.63, 3.8) is 0 Å². The molecule has 2 rings (SSSR count). The van der Waals surface area contributed by atoms with E-state index in [1.54, 1.807) is 6.07 Å². The standard InChI is InChI=1S/C17H19Cl2NO/c1-3-13-4-7-15(8-5-13)21-12(2)11-20-14-6-9-16(18)17(19)10-14/h4-10,12,20H,3,11H2,1-2H3. The molecule has 21 heavy (non-hydrogen) atoms. The normalized spacial score (nSPS) is 12.0. The number of rotatable bonds is 6. The van der Waals surface area contributed by atoms with Crippen LogP contribution in [0, 0.1) is 0 Å². The van der Waals surface area contributed by atoms with Gasteiger partial charge < -0.3 is 10.1 Å². The van der Waals surface area contributed by atoms with Gasteiger partial charge in [-0.1, -0.05) is 42.3 Å². The molecule has 0 saturated carbocycles. The second-order valence-electron chi connectivity index (χ2n) is 4.94. The van der Waals surface area contributed by atoms with Gasteiger partial charge in [-0.05, 0) is 49.2 Å². The summed E-state index contributed by atoms with van der Waals surface area (Å²) in [4.78, 5) is 0. The van der Waals surface area contributed by atoms with Gasteiger partial charge >= 0.3 is 0 Å². The van der Waals surface area contributed by atoms with Crippen LogP contribution in [0.3, 0.4) is 0 Å². The summed E-state index contributed by atoms with van der Waals surface area (Å²) in [5, 5.41) is 4.39. The number of aryl methyl sites for hydroxylation is 1. The molecule has 0 aliphatic rings. The van der Waals surface area contributed by atoms with E-state index in [2.05, 4.69) is 24.4 Å². The maximum atomic E-state index is 5.98. The monoisotopic (exact) mass is 323 g/mol. The van der Waals surface area contributed by atoms with Crippen LogP contribution in [-0.2, 0) is 6.42 Å². The van der Waals surface area contributed by atoms with E-state index < -0.39 is 0 Å². The lowest BCUT2D eigenvalue weighted by molar-refractivity contribution is 0.234. The van der Waals surface area contributed by atoms with E-state index in [0.29, 0.717) is 16.6 Å². The Morgan fingerprint density at radius 1 is 1.05 bits per heavy atom. The molecular weight excluding hydrogens is 305 g/mol. The SMILES string of the molecule is CCc1ccc(OC(C)CNc2ccc(Cl)c(Cl)c2)cc1. The largest absolute Gasteiger partial charge is 0.489 e. The summed E-state index contributed by atoms with van der Waals surface area (Å²) >= 11 is 11.9. The highest BCUT2D eigenvalue weighted by Crippen LogP contribution is 2.25. The Morgan fingerprint density at radius 3 is 2.38 bits per heavy atom. The van der Waals surface area contributed by atoms with Crippen LogP contribution >= 0.6 is 23.2 Å². The van der Waals surface area contributed by atoms with Crippen molar-refractivity contribution in [2.75, 3.05) is 11.9 Å². The van der Waals surface area contributed by atoms with Gasteiger partial charge in [-0.25, -0.2) is 0 Å². The molecule has 4 heteroatoms. The van der Waals surface area contributed by atoms with E-state index >= 15 is 0 Å². The minimum atomic E-state index is 0.0481. The molecule has 0 aromatic heterocycles. The maximum absolute atomic E-state index is 5.98. The predicted octanol–water partition coefficient (Wildman–Crippen LogP) is 5.44. The smallest absolute Gasteiger partial charge is 0.119 e. The van der Waals surface area contributed by atoms with Crippen molar-refractivity contribution >= 4 is 28.9 Å². The minimum absolute atomic E-state index is 0.0481. The van der Waals surface area contributed by atoms with E-state index in [-0.39, 0.29) is 6.10 Å². The van der Waals surface area contributed by atoms with Gasteiger partial charge in [0.2, 0.25) is 0 Å². The summed E-state index contributed by atoms with van der Waals surface area (Å²) in [6.45, 7) is 4.85. The van der Waals surface area contributed by atoms with E-state index in [0.717, 1.165) is 17.9 Å². The highest BCUT2D eigenvalue weighted by molar-refractivity contribution is 6.42. The first kappa shape index (κ1) is 16.0. The summed E-state index contributed by atoms with van der Waals surface area (Å²) in [5.74, 6) is 0.885. The fourth-order valence-corrected chi connectivity index (χ4v) is 2.24. The van der Waals surface area contributed by atoms with Crippen LogP contribution in [0.2, 0.25) is 10.0 Å². The van der Waals surface area contributed by atoms with Crippen LogP contribution in [0.1, 0.15) is 19.4 Å². The van der Waals surface area contributed by atoms with Crippen LogP contribution < -0.4 is 10.1 Å². The molecule has 2 nitrogen and oxygen atoms in total. The molecule has 2 aromatic carbocycles. The molecule has 0 aliphatic carbocycles. The predicted molar refractivity (Wildman–Crippen MR) is 90.9 cm³/mol. The van der Waals surface area contributed by atoms with E-state index in [1.807, 2.05) is 31.2 Å². The molecule has 0 saturated heterocycles. The van der Waals surface area contributed by atoms with Crippen molar-refractivity contribution in [2.45, 2.75) is 26.4 Å². The first-order chi connectivity index (χ1) is 10.1. The van der Waals surface area contributed by atoms with Gasteiger partial charge in [0.15, 0.2) is 0 Å². The molecule has 1 atom stereocenters. The van der Waals surface area contributed by atoms with Crippen LogP contribution in [0.5, 0.6) is 5.75 Å². The zero-order valence-corrected chi connectivity index (χ0v) is 13.7. The zero-order valence-electron chi connectivity index (χ0n) is 12.2. The highest BCUT2D eigenvalue weighted by atomic mass is 35.5. The summed E-state index contributed by atoms with van der Waals surface area (Å²) in [7, 11) is 0. The van der Waals surface area contributed by atoms with Crippen molar-refractivity contribution < 1.29 is 4.74 Å². The van der Waals surface area contributed by atoms with Crippen LogP contribution in [0.4, 0.5) is 5.69 Å². The van der Waals surface area contributed by atoms with Gasteiger partial charge in [-0.2, -0.15) is 0 Å². The molecule has 0 amide bonds. The number of benzene rings is 2. The molecule has 0 fully saturated rings. The summed E-state index contributed by atoms with van der Waals surface area (Å²) in [6, 6.07) is 13.7. The Kier molecular flexibility index (Phi) is 5.77. The Balaban J connectivity index is 1.86. The molecule has 0 bridgehead atoms. The molecule has 0 aliphatic heterocycles.